The maximum atomic E-state index is 12.9. The summed E-state index contributed by atoms with van der Waals surface area (Å²) in [4.78, 5) is 22.8. The van der Waals surface area contributed by atoms with Crippen LogP contribution >= 0.6 is 0 Å². The van der Waals surface area contributed by atoms with Crippen LogP contribution in [0.15, 0.2) is 23.1 Å². The number of aliphatic carboxylic acids is 1. The topological polar surface area (TPSA) is 110 Å². The van der Waals surface area contributed by atoms with Crippen LogP contribution in [0.5, 0.6) is 5.75 Å². The van der Waals surface area contributed by atoms with Crippen LogP contribution in [-0.2, 0) is 30.8 Å². The van der Waals surface area contributed by atoms with Gasteiger partial charge in [-0.15, -0.1) is 0 Å². The summed E-state index contributed by atoms with van der Waals surface area (Å²) in [5, 5.41) is 9.23. The number of hydrogen-bond donors (Lipinski definition) is 1. The second-order valence-electron chi connectivity index (χ2n) is 5.34. The van der Waals surface area contributed by atoms with Crippen molar-refractivity contribution in [2.24, 2.45) is 0 Å². The number of carbonyl (C=O) groups excluding carboxylic acids is 1. The summed E-state index contributed by atoms with van der Waals surface area (Å²) < 4.78 is 36.5. The molecule has 1 fully saturated rings. The van der Waals surface area contributed by atoms with Crippen molar-refractivity contribution in [3.63, 3.8) is 0 Å². The lowest BCUT2D eigenvalue weighted by atomic mass is 10.1. The normalized spacial score (nSPS) is 18.3. The summed E-state index contributed by atoms with van der Waals surface area (Å²) in [6.07, 6.45) is 0.476. The molecule has 1 aromatic carbocycles. The van der Waals surface area contributed by atoms with Gasteiger partial charge in [-0.3, -0.25) is 9.59 Å². The van der Waals surface area contributed by atoms with Gasteiger partial charge in [-0.25, -0.2) is 8.42 Å². The number of benzene rings is 1. The van der Waals surface area contributed by atoms with Gasteiger partial charge in [0.15, 0.2) is 0 Å². The van der Waals surface area contributed by atoms with Gasteiger partial charge in [0, 0.05) is 6.54 Å². The van der Waals surface area contributed by atoms with Crippen LogP contribution in [0.25, 0.3) is 0 Å². The number of carboxylic acids is 1. The number of methoxy groups -OCH3 is 2. The third-order valence-electron chi connectivity index (χ3n) is 3.91. The predicted octanol–water partition coefficient (Wildman–Crippen LogP) is 0.648. The van der Waals surface area contributed by atoms with Crippen LogP contribution in [0.2, 0.25) is 0 Å². The van der Waals surface area contributed by atoms with E-state index >= 15 is 0 Å². The van der Waals surface area contributed by atoms with Crippen LogP contribution in [0, 0.1) is 0 Å². The first kappa shape index (κ1) is 18.2. The molecule has 0 unspecified atom stereocenters. The molecule has 132 valence electrons. The zero-order valence-electron chi connectivity index (χ0n) is 13.4. The Morgan fingerprint density at radius 2 is 2.04 bits per heavy atom. The Morgan fingerprint density at radius 3 is 2.62 bits per heavy atom. The molecule has 0 saturated carbocycles. The molecule has 24 heavy (non-hydrogen) atoms. The Morgan fingerprint density at radius 1 is 1.33 bits per heavy atom. The minimum atomic E-state index is -4.05. The van der Waals surface area contributed by atoms with Crippen molar-refractivity contribution in [2.45, 2.75) is 30.2 Å². The van der Waals surface area contributed by atoms with Gasteiger partial charge in [-0.2, -0.15) is 4.31 Å². The lowest BCUT2D eigenvalue weighted by Gasteiger charge is -2.22. The van der Waals surface area contributed by atoms with Gasteiger partial charge >= 0.3 is 11.9 Å². The second kappa shape index (κ2) is 7.18. The van der Waals surface area contributed by atoms with Crippen LogP contribution in [0.4, 0.5) is 0 Å². The van der Waals surface area contributed by atoms with E-state index in [1.54, 1.807) is 0 Å². The maximum Gasteiger partial charge on any atom is 0.322 e. The minimum Gasteiger partial charge on any atom is -0.497 e. The minimum absolute atomic E-state index is 0.109. The zero-order valence-corrected chi connectivity index (χ0v) is 14.2. The monoisotopic (exact) mass is 357 g/mol. The van der Waals surface area contributed by atoms with Crippen molar-refractivity contribution in [2.75, 3.05) is 20.8 Å². The fraction of sp³-hybridized carbons (Fsp3) is 0.467. The summed E-state index contributed by atoms with van der Waals surface area (Å²) in [5.41, 5.74) is 0.206. The van der Waals surface area contributed by atoms with Gasteiger partial charge in [-0.1, -0.05) is 0 Å². The molecule has 9 heteroatoms. The maximum absolute atomic E-state index is 12.9. The first-order valence-corrected chi connectivity index (χ1v) is 8.73. The smallest absolute Gasteiger partial charge is 0.322 e. The van der Waals surface area contributed by atoms with Gasteiger partial charge in [0.2, 0.25) is 10.0 Å². The van der Waals surface area contributed by atoms with Crippen LogP contribution in [0.3, 0.4) is 0 Å². The number of rotatable bonds is 6. The molecule has 1 heterocycles. The van der Waals surface area contributed by atoms with E-state index in [4.69, 9.17) is 4.74 Å². The fourth-order valence-electron chi connectivity index (χ4n) is 2.70. The Balaban J connectivity index is 2.49. The Kier molecular flexibility index (Phi) is 5.45. The van der Waals surface area contributed by atoms with E-state index < -0.39 is 28.0 Å². The SMILES string of the molecule is COC(=O)Cc1cc(OC)ccc1S(=O)(=O)N1CCC[C@@H]1C(=O)O. The van der Waals surface area contributed by atoms with E-state index in [1.807, 2.05) is 0 Å². The number of ether oxygens (including phenoxy) is 2. The third-order valence-corrected chi connectivity index (χ3v) is 5.91. The van der Waals surface area contributed by atoms with Gasteiger partial charge in [0.05, 0.1) is 25.5 Å². The molecule has 0 amide bonds. The molecule has 1 N–H and O–H groups in total. The van der Waals surface area contributed by atoms with Crippen molar-refractivity contribution >= 4 is 22.0 Å². The van der Waals surface area contributed by atoms with Crippen molar-refractivity contribution < 1.29 is 32.6 Å². The van der Waals surface area contributed by atoms with Crippen molar-refractivity contribution in [3.05, 3.63) is 23.8 Å². The molecule has 0 radical (unpaired) electrons. The number of nitrogens with zero attached hydrogens (tertiary/aromatic N) is 1. The summed E-state index contributed by atoms with van der Waals surface area (Å²) in [6, 6.07) is 3.13. The highest BCUT2D eigenvalue weighted by molar-refractivity contribution is 7.89. The zero-order chi connectivity index (χ0) is 17.9. The van der Waals surface area contributed by atoms with Gasteiger partial charge in [0.1, 0.15) is 11.8 Å². The highest BCUT2D eigenvalue weighted by Gasteiger charge is 2.40. The van der Waals surface area contributed by atoms with Gasteiger partial charge in [0.25, 0.3) is 0 Å². The average molecular weight is 357 g/mol. The molecule has 1 aliphatic rings. The summed E-state index contributed by atoms with van der Waals surface area (Å²) >= 11 is 0. The molecule has 1 aliphatic heterocycles. The standard InChI is InChI=1S/C15H19NO7S/c1-22-11-5-6-13(10(8-11)9-14(17)23-2)24(20,21)16-7-3-4-12(16)15(18)19/h5-6,8,12H,3-4,7,9H2,1-2H3,(H,18,19)/t12-/m1/s1. The average Bonchev–Trinajstić information content (AvgIpc) is 3.05. The van der Waals surface area contributed by atoms with Crippen molar-refractivity contribution in [3.8, 4) is 5.75 Å². The highest BCUT2D eigenvalue weighted by Crippen LogP contribution is 2.30. The second-order valence-corrected chi connectivity index (χ2v) is 7.20. The number of carboxylic acid groups (broad SMARTS) is 1. The number of carbonyl (C=O) groups is 2. The predicted molar refractivity (Wildman–Crippen MR) is 83.3 cm³/mol. The molecule has 0 bridgehead atoms. The van der Waals surface area contributed by atoms with E-state index in [9.17, 15) is 23.1 Å². The lowest BCUT2D eigenvalue weighted by Crippen LogP contribution is -2.40. The van der Waals surface area contributed by atoms with Crippen LogP contribution in [-0.4, -0.2) is 56.6 Å². The van der Waals surface area contributed by atoms with Gasteiger partial charge < -0.3 is 14.6 Å². The summed E-state index contributed by atoms with van der Waals surface area (Å²) in [5.74, 6) is -1.39. The molecule has 0 aromatic heterocycles. The summed E-state index contributed by atoms with van der Waals surface area (Å²) in [7, 11) is -1.42. The quantitative estimate of drug-likeness (QED) is 0.744. The van der Waals surface area contributed by atoms with Crippen molar-refractivity contribution in [1.29, 1.82) is 0 Å². The molecular weight excluding hydrogens is 338 g/mol. The number of sulfonamides is 1. The molecule has 2 rings (SSSR count). The van der Waals surface area contributed by atoms with Crippen LogP contribution < -0.4 is 4.74 Å². The molecule has 0 aliphatic carbocycles. The number of hydrogen-bond acceptors (Lipinski definition) is 6. The lowest BCUT2D eigenvalue weighted by molar-refractivity contribution is -0.141. The molecular formula is C15H19NO7S. The summed E-state index contributed by atoms with van der Waals surface area (Å²) in [6.45, 7) is 0.128. The van der Waals surface area contributed by atoms with Crippen LogP contribution in [0.1, 0.15) is 18.4 Å². The van der Waals surface area contributed by atoms with E-state index in [0.717, 1.165) is 4.31 Å². The third kappa shape index (κ3) is 3.51. The molecule has 1 atom stereocenters. The Bertz CT molecular complexity index is 744. The first-order chi connectivity index (χ1) is 11.3. The molecule has 1 aromatic rings. The highest BCUT2D eigenvalue weighted by atomic mass is 32.2. The first-order valence-electron chi connectivity index (χ1n) is 7.29. The molecule has 8 nitrogen and oxygen atoms in total. The molecule has 0 spiro atoms. The van der Waals surface area contributed by atoms with E-state index in [0.29, 0.717) is 12.2 Å². The van der Waals surface area contributed by atoms with E-state index in [-0.39, 0.29) is 29.8 Å². The largest absolute Gasteiger partial charge is 0.497 e. The number of esters is 1. The Labute approximate surface area is 140 Å². The van der Waals surface area contributed by atoms with E-state index in [1.165, 1.54) is 32.4 Å². The van der Waals surface area contributed by atoms with E-state index in [2.05, 4.69) is 4.74 Å². The van der Waals surface area contributed by atoms with Crippen molar-refractivity contribution in [1.82, 2.24) is 4.31 Å². The Hall–Kier alpha value is -2.13. The molecule has 1 saturated heterocycles. The fourth-order valence-corrected chi connectivity index (χ4v) is 4.56. The van der Waals surface area contributed by atoms with Gasteiger partial charge in [-0.05, 0) is 36.6 Å².